The van der Waals surface area contributed by atoms with Crippen LogP contribution in [0.3, 0.4) is 0 Å². The van der Waals surface area contributed by atoms with Crippen molar-refractivity contribution in [3.8, 4) is 0 Å². The summed E-state index contributed by atoms with van der Waals surface area (Å²) in [6, 6.07) is 10.8. The molecule has 0 aliphatic heterocycles. The topological polar surface area (TPSA) is 63.2 Å². The maximum atomic E-state index is 13.0. The summed E-state index contributed by atoms with van der Waals surface area (Å²) in [4.78, 5) is 12.0. The fourth-order valence-corrected chi connectivity index (χ4v) is 2.84. The number of rotatable bonds is 4. The van der Waals surface area contributed by atoms with Gasteiger partial charge in [0.2, 0.25) is 0 Å². The van der Waals surface area contributed by atoms with Crippen molar-refractivity contribution >= 4 is 33.6 Å². The predicted octanol–water partition coefficient (Wildman–Crippen LogP) is 4.09. The van der Waals surface area contributed by atoms with Crippen LogP contribution in [0.4, 0.5) is 13.2 Å². The summed E-state index contributed by atoms with van der Waals surface area (Å²) in [5.74, 6) is -1.40. The maximum Gasteiger partial charge on any atom is 0.417 e. The van der Waals surface area contributed by atoms with Crippen LogP contribution in [-0.4, -0.2) is 14.3 Å². The fourth-order valence-electron chi connectivity index (χ4n) is 1.90. The summed E-state index contributed by atoms with van der Waals surface area (Å²) >= 11 is 5.52. The zero-order valence-electron chi connectivity index (χ0n) is 12.4. The van der Waals surface area contributed by atoms with Crippen molar-refractivity contribution in [2.75, 3.05) is 0 Å². The molecule has 9 heteroatoms. The number of alkyl halides is 3. The summed E-state index contributed by atoms with van der Waals surface area (Å²) in [5.41, 5.74) is -1.61. The van der Waals surface area contributed by atoms with Gasteiger partial charge in [-0.25, -0.2) is 13.1 Å². The van der Waals surface area contributed by atoms with Crippen LogP contribution >= 0.6 is 11.6 Å². The molecule has 0 atom stereocenters. The van der Waals surface area contributed by atoms with Crippen molar-refractivity contribution in [2.24, 2.45) is 0 Å². The van der Waals surface area contributed by atoms with Gasteiger partial charge in [-0.15, -0.1) is 0 Å². The van der Waals surface area contributed by atoms with E-state index >= 15 is 0 Å². The maximum absolute atomic E-state index is 13.0. The van der Waals surface area contributed by atoms with E-state index < -0.39 is 33.2 Å². The molecule has 0 saturated carbocycles. The van der Waals surface area contributed by atoms with Gasteiger partial charge in [-0.1, -0.05) is 41.9 Å². The number of hydrogen-bond acceptors (Lipinski definition) is 3. The summed E-state index contributed by atoms with van der Waals surface area (Å²) in [7, 11) is -4.28. The van der Waals surface area contributed by atoms with Crippen molar-refractivity contribution in [3.63, 3.8) is 0 Å². The third-order valence-electron chi connectivity index (χ3n) is 3.01. The average molecular weight is 390 g/mol. The molecule has 0 spiro atoms. The molecule has 0 aliphatic carbocycles. The molecule has 132 valence electrons. The Morgan fingerprint density at radius 1 is 1.08 bits per heavy atom. The largest absolute Gasteiger partial charge is 0.417 e. The Hall–Kier alpha value is -2.32. The van der Waals surface area contributed by atoms with Gasteiger partial charge in [0.25, 0.3) is 15.9 Å². The number of amides is 1. The molecule has 0 unspecified atom stereocenters. The minimum absolute atomic E-state index is 0.226. The van der Waals surface area contributed by atoms with Crippen molar-refractivity contribution < 1.29 is 26.4 Å². The second-order valence-corrected chi connectivity index (χ2v) is 6.88. The highest BCUT2D eigenvalue weighted by molar-refractivity contribution is 7.93. The molecule has 0 aliphatic rings. The Balaban J connectivity index is 2.26. The summed E-state index contributed by atoms with van der Waals surface area (Å²) in [5, 5.41) is 0.472. The molecule has 0 radical (unpaired) electrons. The molecule has 2 aromatic rings. The molecule has 0 heterocycles. The van der Waals surface area contributed by atoms with Crippen LogP contribution < -0.4 is 4.72 Å². The van der Waals surface area contributed by atoms with Gasteiger partial charge in [-0.3, -0.25) is 4.79 Å². The minimum Gasteiger partial charge on any atom is -0.268 e. The minimum atomic E-state index is -4.86. The molecule has 0 fully saturated rings. The Morgan fingerprint density at radius 3 is 2.32 bits per heavy atom. The smallest absolute Gasteiger partial charge is 0.268 e. The van der Waals surface area contributed by atoms with Crippen LogP contribution in [0.1, 0.15) is 21.5 Å². The molecular formula is C16H11ClF3NO3S. The van der Waals surface area contributed by atoms with E-state index in [0.717, 1.165) is 12.1 Å². The highest BCUT2D eigenvalue weighted by Crippen LogP contribution is 2.33. The Morgan fingerprint density at radius 2 is 1.72 bits per heavy atom. The number of hydrogen-bond donors (Lipinski definition) is 1. The molecule has 2 aromatic carbocycles. The quantitative estimate of drug-likeness (QED) is 0.856. The van der Waals surface area contributed by atoms with Crippen molar-refractivity contribution in [1.29, 1.82) is 0 Å². The summed E-state index contributed by atoms with van der Waals surface area (Å²) < 4.78 is 64.3. The van der Waals surface area contributed by atoms with Gasteiger partial charge >= 0.3 is 6.18 Å². The van der Waals surface area contributed by atoms with E-state index in [9.17, 15) is 26.4 Å². The van der Waals surface area contributed by atoms with Crippen LogP contribution in [0.15, 0.2) is 53.9 Å². The zero-order valence-corrected chi connectivity index (χ0v) is 14.0. The van der Waals surface area contributed by atoms with Crippen molar-refractivity contribution in [1.82, 2.24) is 4.72 Å². The van der Waals surface area contributed by atoms with Crippen molar-refractivity contribution in [2.45, 2.75) is 6.18 Å². The van der Waals surface area contributed by atoms with E-state index in [-0.39, 0.29) is 5.02 Å². The first-order chi connectivity index (χ1) is 11.6. The van der Waals surface area contributed by atoms with Gasteiger partial charge in [0.05, 0.1) is 16.5 Å². The van der Waals surface area contributed by atoms with Gasteiger partial charge in [-0.05, 0) is 29.8 Å². The van der Waals surface area contributed by atoms with E-state index in [2.05, 4.69) is 0 Å². The number of carbonyl (C=O) groups is 1. The summed E-state index contributed by atoms with van der Waals surface area (Å²) in [6.45, 7) is 0. The fraction of sp³-hybridized carbons (Fsp3) is 0.0625. The third kappa shape index (κ3) is 5.33. The first-order valence-corrected chi connectivity index (χ1v) is 8.68. The Kier molecular flexibility index (Phi) is 5.54. The van der Waals surface area contributed by atoms with Crippen LogP contribution in [0.2, 0.25) is 5.02 Å². The second kappa shape index (κ2) is 7.28. The number of benzene rings is 2. The second-order valence-electron chi connectivity index (χ2n) is 4.88. The summed E-state index contributed by atoms with van der Waals surface area (Å²) in [6.07, 6.45) is -3.65. The van der Waals surface area contributed by atoms with Gasteiger partial charge in [0.1, 0.15) is 0 Å². The number of sulfonamides is 1. The molecular weight excluding hydrogens is 379 g/mol. The molecule has 1 N–H and O–H groups in total. The molecule has 25 heavy (non-hydrogen) atoms. The molecule has 2 rings (SSSR count). The van der Waals surface area contributed by atoms with Crippen LogP contribution in [0.25, 0.3) is 6.08 Å². The average Bonchev–Trinajstić information content (AvgIpc) is 2.52. The number of carbonyl (C=O) groups excluding carboxylic acids is 1. The third-order valence-corrected chi connectivity index (χ3v) is 4.21. The SMILES string of the molecule is O=C(NS(=O)(=O)/C=C/c1ccccc1)c1ccc(Cl)cc1C(F)(F)F. The van der Waals surface area contributed by atoms with E-state index in [1.807, 2.05) is 0 Å². The molecule has 4 nitrogen and oxygen atoms in total. The molecule has 0 aromatic heterocycles. The lowest BCUT2D eigenvalue weighted by atomic mass is 10.1. The van der Waals surface area contributed by atoms with E-state index in [4.69, 9.17) is 11.6 Å². The van der Waals surface area contributed by atoms with Crippen LogP contribution in [0.5, 0.6) is 0 Å². The highest BCUT2D eigenvalue weighted by atomic mass is 35.5. The standard InChI is InChI=1S/C16H11ClF3NO3S/c17-12-6-7-13(14(10-12)16(18,19)20)15(22)21-25(23,24)9-8-11-4-2-1-3-5-11/h1-10H,(H,21,22)/b9-8+. The van der Waals surface area contributed by atoms with E-state index in [1.165, 1.54) is 6.08 Å². The van der Waals surface area contributed by atoms with Crippen molar-refractivity contribution in [3.05, 3.63) is 75.7 Å². The number of halogens is 4. The first-order valence-electron chi connectivity index (χ1n) is 6.75. The van der Waals surface area contributed by atoms with Gasteiger partial charge in [0.15, 0.2) is 0 Å². The van der Waals surface area contributed by atoms with E-state index in [1.54, 1.807) is 35.1 Å². The van der Waals surface area contributed by atoms with Gasteiger partial charge in [0, 0.05) is 5.02 Å². The Labute approximate surface area is 147 Å². The van der Waals surface area contributed by atoms with E-state index in [0.29, 0.717) is 17.0 Å². The lowest BCUT2D eigenvalue weighted by molar-refractivity contribution is -0.137. The molecule has 0 bridgehead atoms. The lowest BCUT2D eigenvalue weighted by Gasteiger charge is -2.12. The Bertz CT molecular complexity index is 910. The monoisotopic (exact) mass is 389 g/mol. The normalized spacial score (nSPS) is 12.3. The van der Waals surface area contributed by atoms with Gasteiger partial charge in [-0.2, -0.15) is 13.2 Å². The molecule has 0 saturated heterocycles. The molecule has 1 amide bonds. The number of nitrogens with one attached hydrogen (secondary N) is 1. The van der Waals surface area contributed by atoms with Crippen LogP contribution in [0, 0.1) is 0 Å². The highest BCUT2D eigenvalue weighted by Gasteiger charge is 2.36. The van der Waals surface area contributed by atoms with Gasteiger partial charge < -0.3 is 0 Å². The zero-order chi connectivity index (χ0) is 18.7. The van der Waals surface area contributed by atoms with Crippen LogP contribution in [-0.2, 0) is 16.2 Å². The first kappa shape index (κ1) is 19.0. The lowest BCUT2D eigenvalue weighted by Crippen LogP contribution is -2.30. The predicted molar refractivity (Wildman–Crippen MR) is 88.3 cm³/mol.